The molecule has 3 nitrogen and oxygen atoms in total. The van der Waals surface area contributed by atoms with E-state index >= 15 is 0 Å². The van der Waals surface area contributed by atoms with E-state index in [1.165, 1.54) is 37.7 Å². The number of allylic oxidation sites excluding steroid dienone is 1. The molecule has 3 saturated carbocycles. The van der Waals surface area contributed by atoms with Gasteiger partial charge in [-0.15, -0.1) is 0 Å². The van der Waals surface area contributed by atoms with Crippen LogP contribution in [0.1, 0.15) is 134 Å². The molecule has 33 heavy (non-hydrogen) atoms. The van der Waals surface area contributed by atoms with E-state index < -0.39 is 23.8 Å². The Labute approximate surface area is 206 Å². The monoisotopic (exact) mass is 459 g/mol. The highest BCUT2D eigenvalue weighted by Crippen LogP contribution is 2.65. The number of fused-ring (bicyclic) bond motifs is 5. The fraction of sp³-hybridized carbons (Fsp3) is 0.867. The topological polar surface area (TPSA) is 43.4 Å². The Hall–Kier alpha value is -1.12. The first-order valence-electron chi connectivity index (χ1n) is 15.4. The molecule has 4 rings (SSSR count). The first-order valence-corrected chi connectivity index (χ1v) is 13.9. The van der Waals surface area contributed by atoms with Gasteiger partial charge in [0.15, 0.2) is 5.78 Å². The summed E-state index contributed by atoms with van der Waals surface area (Å²) >= 11 is 0. The second kappa shape index (κ2) is 10.6. The summed E-state index contributed by atoms with van der Waals surface area (Å²) in [6.07, 6.45) is 12.8. The summed E-state index contributed by atoms with van der Waals surface area (Å²) in [5, 5.41) is 0. The smallest absolute Gasteiger partial charge is 0.306 e. The average molecular weight is 460 g/mol. The van der Waals surface area contributed by atoms with Gasteiger partial charge in [0.25, 0.3) is 0 Å². The molecule has 0 aromatic carbocycles. The van der Waals surface area contributed by atoms with E-state index in [1.54, 1.807) is 0 Å². The molecule has 0 N–H and O–H groups in total. The highest BCUT2D eigenvalue weighted by atomic mass is 16.5. The summed E-state index contributed by atoms with van der Waals surface area (Å²) in [4.78, 5) is 25.0. The Morgan fingerprint density at radius 1 is 1.03 bits per heavy atom. The van der Waals surface area contributed by atoms with Crippen LogP contribution in [-0.2, 0) is 14.3 Å². The number of carbonyl (C=O) groups is 2. The van der Waals surface area contributed by atoms with Crippen LogP contribution >= 0.6 is 0 Å². The molecule has 6 atom stereocenters. The highest BCUT2D eigenvalue weighted by molar-refractivity contribution is 5.91. The van der Waals surface area contributed by atoms with Crippen molar-refractivity contribution in [3.8, 4) is 0 Å². The Bertz CT molecular complexity index is 870. The number of ketones is 1. The van der Waals surface area contributed by atoms with Crippen molar-refractivity contribution in [2.45, 2.75) is 136 Å². The number of ether oxygens (including phenoxy) is 1. The van der Waals surface area contributed by atoms with E-state index in [0.717, 1.165) is 44.9 Å². The van der Waals surface area contributed by atoms with Crippen LogP contribution in [0, 0.1) is 28.6 Å². The van der Waals surface area contributed by atoms with Gasteiger partial charge in [-0.3, -0.25) is 9.59 Å². The van der Waals surface area contributed by atoms with Crippen molar-refractivity contribution >= 4 is 11.8 Å². The van der Waals surface area contributed by atoms with Gasteiger partial charge >= 0.3 is 5.97 Å². The van der Waals surface area contributed by atoms with Gasteiger partial charge in [0, 0.05) is 21.0 Å². The van der Waals surface area contributed by atoms with Crippen LogP contribution < -0.4 is 0 Å². The van der Waals surface area contributed by atoms with E-state index in [9.17, 15) is 11.0 Å². The zero-order chi connectivity index (χ0) is 26.2. The second-order valence-corrected chi connectivity index (χ2v) is 11.8. The molecule has 0 aromatic heterocycles. The lowest BCUT2D eigenvalue weighted by molar-refractivity contribution is -0.160. The normalized spacial score (nSPS) is 42.8. The molecular weight excluding hydrogens is 408 g/mol. The van der Waals surface area contributed by atoms with Gasteiger partial charge < -0.3 is 4.74 Å². The molecule has 186 valence electrons. The van der Waals surface area contributed by atoms with Gasteiger partial charge in [-0.25, -0.2) is 0 Å². The number of unbranched alkanes of at least 4 members (excludes halogenated alkanes) is 7. The summed E-state index contributed by atoms with van der Waals surface area (Å²) in [6.45, 7) is 6.55. The van der Waals surface area contributed by atoms with Crippen molar-refractivity contribution < 1.29 is 18.4 Å². The molecule has 0 amide bonds. The predicted molar refractivity (Wildman–Crippen MR) is 134 cm³/mol. The Morgan fingerprint density at radius 3 is 2.52 bits per heavy atom. The molecule has 4 aliphatic rings. The molecule has 3 fully saturated rings. The van der Waals surface area contributed by atoms with E-state index in [1.807, 2.05) is 13.0 Å². The molecule has 0 aromatic rings. The van der Waals surface area contributed by atoms with Crippen LogP contribution in [0.5, 0.6) is 0 Å². The molecule has 0 radical (unpaired) electrons. The van der Waals surface area contributed by atoms with Crippen LogP contribution in [-0.4, -0.2) is 17.8 Å². The molecule has 1 unspecified atom stereocenters. The van der Waals surface area contributed by atoms with Crippen molar-refractivity contribution in [3.05, 3.63) is 11.6 Å². The third kappa shape index (κ3) is 5.13. The zero-order valence-corrected chi connectivity index (χ0v) is 21.3. The van der Waals surface area contributed by atoms with E-state index in [2.05, 4.69) is 13.8 Å². The summed E-state index contributed by atoms with van der Waals surface area (Å²) in [7, 11) is 0. The molecular formula is C30H48O3. The van der Waals surface area contributed by atoms with Gasteiger partial charge in [0.05, 0.1) is 1.37 Å². The summed E-state index contributed by atoms with van der Waals surface area (Å²) in [5.41, 5.74) is 0.610. The molecule has 0 bridgehead atoms. The lowest BCUT2D eigenvalue weighted by Gasteiger charge is -2.57. The lowest BCUT2D eigenvalue weighted by atomic mass is 9.47. The van der Waals surface area contributed by atoms with Crippen LogP contribution in [0.4, 0.5) is 0 Å². The van der Waals surface area contributed by atoms with Crippen molar-refractivity contribution in [3.63, 3.8) is 0 Å². The maximum atomic E-state index is 12.9. The fourth-order valence-electron chi connectivity index (χ4n) is 7.66. The van der Waals surface area contributed by atoms with Gasteiger partial charge in [-0.05, 0) is 80.6 Å². The van der Waals surface area contributed by atoms with Crippen molar-refractivity contribution in [2.24, 2.45) is 28.6 Å². The Balaban J connectivity index is 1.40. The number of carbonyl (C=O) groups excluding carboxylic acids is 2. The minimum atomic E-state index is -1.87. The lowest BCUT2D eigenvalue weighted by Crippen LogP contribution is -2.51. The maximum absolute atomic E-state index is 12.9. The summed E-state index contributed by atoms with van der Waals surface area (Å²) in [6, 6.07) is 0. The molecule has 4 aliphatic carbocycles. The van der Waals surface area contributed by atoms with Gasteiger partial charge in [0.1, 0.15) is 6.08 Å². The van der Waals surface area contributed by atoms with E-state index in [0.29, 0.717) is 24.7 Å². The maximum Gasteiger partial charge on any atom is 0.306 e. The minimum absolute atomic E-state index is 0.00532. The molecule has 0 aliphatic heterocycles. The average Bonchev–Trinajstić information content (AvgIpc) is 2.98. The first-order chi connectivity index (χ1) is 17.0. The minimum Gasteiger partial charge on any atom is -0.462 e. The Kier molecular flexibility index (Phi) is 6.84. The standard InChI is InChI=1S/C30H48O3/c1-4-5-6-7-8-9-10-11-12-28(32)33-27-16-15-25-24-14-13-22-21-23(31)17-19-29(22,2)26(24)18-20-30(25,27)3/h21,24-27H,4-20H2,1-3H3/t24-,25-,26-,27-,29-,30?/m0/s1/i16D2,27D. The zero-order valence-electron chi connectivity index (χ0n) is 24.3. The van der Waals surface area contributed by atoms with E-state index in [4.69, 9.17) is 7.48 Å². The van der Waals surface area contributed by atoms with Crippen LogP contribution in [0.3, 0.4) is 0 Å². The molecule has 0 spiro atoms. The molecule has 0 heterocycles. The first kappa shape index (κ1) is 21.2. The van der Waals surface area contributed by atoms with Crippen LogP contribution in [0.2, 0.25) is 0 Å². The SMILES string of the molecule is [2H]C1([2H])C[C@H]2[C@@H]3CCC4=CC(=O)CC[C@]4(C)[C@H]3CCC2(C)[C@@]1([2H])OC(=O)CCCCCCCCCC. The van der Waals surface area contributed by atoms with Crippen molar-refractivity contribution in [1.82, 2.24) is 0 Å². The fourth-order valence-corrected chi connectivity index (χ4v) is 7.66. The van der Waals surface area contributed by atoms with E-state index in [-0.39, 0.29) is 30.0 Å². The van der Waals surface area contributed by atoms with Gasteiger partial charge in [0.2, 0.25) is 0 Å². The number of esters is 1. The number of hydrogen-bond donors (Lipinski definition) is 0. The highest BCUT2D eigenvalue weighted by Gasteiger charge is 2.59. The number of hydrogen-bond acceptors (Lipinski definition) is 3. The van der Waals surface area contributed by atoms with Crippen LogP contribution in [0.25, 0.3) is 0 Å². The summed E-state index contributed by atoms with van der Waals surface area (Å²) in [5.74, 6) is 0.584. The van der Waals surface area contributed by atoms with Crippen molar-refractivity contribution in [1.29, 1.82) is 0 Å². The summed E-state index contributed by atoms with van der Waals surface area (Å²) < 4.78 is 33.0. The second-order valence-electron chi connectivity index (χ2n) is 11.8. The van der Waals surface area contributed by atoms with Gasteiger partial charge in [-0.2, -0.15) is 0 Å². The third-order valence-corrected chi connectivity index (χ3v) is 9.80. The third-order valence-electron chi connectivity index (χ3n) is 9.80. The van der Waals surface area contributed by atoms with Gasteiger partial charge in [-0.1, -0.05) is 71.3 Å². The quantitative estimate of drug-likeness (QED) is 0.246. The Morgan fingerprint density at radius 2 is 1.76 bits per heavy atom. The largest absolute Gasteiger partial charge is 0.462 e. The van der Waals surface area contributed by atoms with Crippen molar-refractivity contribution in [2.75, 3.05) is 0 Å². The molecule has 3 heteroatoms. The predicted octanol–water partition coefficient (Wildman–Crippen LogP) is 7.96. The number of rotatable bonds is 10. The molecule has 0 saturated heterocycles. The van der Waals surface area contributed by atoms with Crippen LogP contribution in [0.15, 0.2) is 11.6 Å².